The highest BCUT2D eigenvalue weighted by Gasteiger charge is 2.17. The number of carbonyl (C=O) groups is 1. The van der Waals surface area contributed by atoms with Gasteiger partial charge in [-0.05, 0) is 31.8 Å². The molecule has 1 aromatic carbocycles. The molecule has 2 N–H and O–H groups in total. The van der Waals surface area contributed by atoms with Crippen LogP contribution in [0.4, 0.5) is 5.69 Å². The first-order valence-corrected chi connectivity index (χ1v) is 6.99. The fourth-order valence-electron chi connectivity index (χ4n) is 2.23. The van der Waals surface area contributed by atoms with Gasteiger partial charge in [0.15, 0.2) is 0 Å². The number of anilines is 1. The molecule has 1 atom stereocenters. The van der Waals surface area contributed by atoms with Crippen molar-refractivity contribution in [2.75, 3.05) is 39.1 Å². The van der Waals surface area contributed by atoms with E-state index in [-0.39, 0.29) is 12.0 Å². The summed E-state index contributed by atoms with van der Waals surface area (Å²) in [5, 5.41) is 6.13. The van der Waals surface area contributed by atoms with E-state index in [9.17, 15) is 4.79 Å². The Bertz CT molecular complexity index is 425. The summed E-state index contributed by atoms with van der Waals surface area (Å²) in [6.07, 6.45) is 0.378. The Morgan fingerprint density at radius 2 is 2.15 bits per heavy atom. The van der Waals surface area contributed by atoms with Crippen LogP contribution >= 0.6 is 0 Å². The summed E-state index contributed by atoms with van der Waals surface area (Å²) >= 11 is 0. The lowest BCUT2D eigenvalue weighted by Gasteiger charge is -2.23. The van der Waals surface area contributed by atoms with E-state index < -0.39 is 0 Å². The van der Waals surface area contributed by atoms with Crippen LogP contribution in [0.2, 0.25) is 0 Å². The minimum absolute atomic E-state index is 0.000871. The normalized spacial score (nSPS) is 19.1. The van der Waals surface area contributed by atoms with Crippen molar-refractivity contribution < 1.29 is 9.53 Å². The van der Waals surface area contributed by atoms with Crippen molar-refractivity contribution in [3.8, 4) is 0 Å². The number of ether oxygens (including phenoxy) is 1. The van der Waals surface area contributed by atoms with Crippen LogP contribution in [0, 0.1) is 0 Å². The Balaban J connectivity index is 1.81. The average Bonchev–Trinajstić information content (AvgIpc) is 2.41. The summed E-state index contributed by atoms with van der Waals surface area (Å²) in [7, 11) is 4.07. The van der Waals surface area contributed by atoms with Crippen molar-refractivity contribution in [2.45, 2.75) is 19.1 Å². The average molecular weight is 277 g/mol. The molecule has 1 unspecified atom stereocenters. The first-order chi connectivity index (χ1) is 9.63. The van der Waals surface area contributed by atoms with Crippen LogP contribution in [-0.4, -0.2) is 50.7 Å². The van der Waals surface area contributed by atoms with Crippen molar-refractivity contribution in [3.63, 3.8) is 0 Å². The Labute approximate surface area is 120 Å². The van der Waals surface area contributed by atoms with Gasteiger partial charge in [0, 0.05) is 25.3 Å². The lowest BCUT2D eigenvalue weighted by atomic mass is 10.2. The summed E-state index contributed by atoms with van der Waals surface area (Å²) in [6.45, 7) is 3.19. The van der Waals surface area contributed by atoms with E-state index in [4.69, 9.17) is 4.74 Å². The minimum atomic E-state index is -0.0169. The second-order valence-electron chi connectivity index (χ2n) is 5.38. The van der Waals surface area contributed by atoms with E-state index in [1.807, 2.05) is 38.4 Å². The fraction of sp³-hybridized carbons (Fsp3) is 0.533. The molecule has 1 amide bonds. The summed E-state index contributed by atoms with van der Waals surface area (Å²) in [5.74, 6) is -0.000871. The molecule has 0 radical (unpaired) electrons. The molecule has 0 aromatic heterocycles. The van der Waals surface area contributed by atoms with Crippen LogP contribution < -0.4 is 10.6 Å². The SMILES string of the molecule is CN(C)Cc1ccc(NC(=O)CC2CNCCO2)cc1. The zero-order chi connectivity index (χ0) is 14.4. The maximum Gasteiger partial charge on any atom is 0.227 e. The number of carbonyl (C=O) groups excluding carboxylic acids is 1. The highest BCUT2D eigenvalue weighted by Crippen LogP contribution is 2.12. The molecule has 1 heterocycles. The van der Waals surface area contributed by atoms with Crippen LogP contribution in [0.15, 0.2) is 24.3 Å². The van der Waals surface area contributed by atoms with Gasteiger partial charge in [-0.3, -0.25) is 4.79 Å². The Hall–Kier alpha value is -1.43. The van der Waals surface area contributed by atoms with Crippen molar-refractivity contribution >= 4 is 11.6 Å². The third kappa shape index (κ3) is 4.92. The number of benzene rings is 1. The van der Waals surface area contributed by atoms with E-state index in [0.29, 0.717) is 13.0 Å². The van der Waals surface area contributed by atoms with E-state index in [2.05, 4.69) is 15.5 Å². The molecule has 5 nitrogen and oxygen atoms in total. The first-order valence-electron chi connectivity index (χ1n) is 6.99. The molecular formula is C15H23N3O2. The van der Waals surface area contributed by atoms with E-state index in [1.165, 1.54) is 5.56 Å². The van der Waals surface area contributed by atoms with Crippen LogP contribution in [-0.2, 0) is 16.1 Å². The number of rotatable bonds is 5. The van der Waals surface area contributed by atoms with E-state index >= 15 is 0 Å². The standard InChI is InChI=1S/C15H23N3O2/c1-18(2)11-12-3-5-13(6-4-12)17-15(19)9-14-10-16-7-8-20-14/h3-6,14,16H,7-11H2,1-2H3,(H,17,19). The predicted octanol–water partition coefficient (Wildman–Crippen LogP) is 1.07. The van der Waals surface area contributed by atoms with Gasteiger partial charge in [0.1, 0.15) is 0 Å². The molecule has 1 fully saturated rings. The van der Waals surface area contributed by atoms with Gasteiger partial charge in [0.2, 0.25) is 5.91 Å². The third-order valence-electron chi connectivity index (χ3n) is 3.15. The molecule has 1 aromatic rings. The molecule has 0 spiro atoms. The maximum absolute atomic E-state index is 11.9. The van der Waals surface area contributed by atoms with Gasteiger partial charge < -0.3 is 20.3 Å². The van der Waals surface area contributed by atoms with Gasteiger partial charge in [-0.25, -0.2) is 0 Å². The van der Waals surface area contributed by atoms with Gasteiger partial charge in [-0.15, -0.1) is 0 Å². The van der Waals surface area contributed by atoms with Crippen LogP contribution in [0.25, 0.3) is 0 Å². The number of morpholine rings is 1. The van der Waals surface area contributed by atoms with Crippen LogP contribution in [0.1, 0.15) is 12.0 Å². The monoisotopic (exact) mass is 277 g/mol. The molecule has 20 heavy (non-hydrogen) atoms. The molecule has 1 saturated heterocycles. The zero-order valence-corrected chi connectivity index (χ0v) is 12.2. The molecule has 0 saturated carbocycles. The number of nitrogens with one attached hydrogen (secondary N) is 2. The van der Waals surface area contributed by atoms with Crippen molar-refractivity contribution in [1.82, 2.24) is 10.2 Å². The van der Waals surface area contributed by atoms with Crippen LogP contribution in [0.3, 0.4) is 0 Å². The lowest BCUT2D eigenvalue weighted by Crippen LogP contribution is -2.40. The summed E-state index contributed by atoms with van der Waals surface area (Å²) < 4.78 is 5.52. The molecule has 110 valence electrons. The molecule has 2 rings (SSSR count). The van der Waals surface area contributed by atoms with Gasteiger partial charge in [-0.1, -0.05) is 12.1 Å². The van der Waals surface area contributed by atoms with E-state index in [1.54, 1.807) is 0 Å². The lowest BCUT2D eigenvalue weighted by molar-refractivity contribution is -0.119. The maximum atomic E-state index is 11.9. The highest BCUT2D eigenvalue weighted by molar-refractivity contribution is 5.91. The van der Waals surface area contributed by atoms with Crippen molar-refractivity contribution in [1.29, 1.82) is 0 Å². The molecular weight excluding hydrogens is 254 g/mol. The van der Waals surface area contributed by atoms with Gasteiger partial charge >= 0.3 is 0 Å². The Kier molecular flexibility index (Phi) is 5.52. The second kappa shape index (κ2) is 7.38. The van der Waals surface area contributed by atoms with E-state index in [0.717, 1.165) is 25.3 Å². The van der Waals surface area contributed by atoms with Crippen molar-refractivity contribution in [2.24, 2.45) is 0 Å². The smallest absolute Gasteiger partial charge is 0.227 e. The largest absolute Gasteiger partial charge is 0.375 e. The fourth-order valence-corrected chi connectivity index (χ4v) is 2.23. The Morgan fingerprint density at radius 1 is 1.40 bits per heavy atom. The summed E-state index contributed by atoms with van der Waals surface area (Å²) in [6, 6.07) is 7.95. The van der Waals surface area contributed by atoms with Crippen LogP contribution in [0.5, 0.6) is 0 Å². The molecule has 0 bridgehead atoms. The zero-order valence-electron chi connectivity index (χ0n) is 12.2. The minimum Gasteiger partial charge on any atom is -0.375 e. The first kappa shape index (κ1) is 15.0. The number of hydrogen-bond donors (Lipinski definition) is 2. The second-order valence-corrected chi connectivity index (χ2v) is 5.38. The molecule has 1 aliphatic rings. The highest BCUT2D eigenvalue weighted by atomic mass is 16.5. The number of hydrogen-bond acceptors (Lipinski definition) is 4. The predicted molar refractivity (Wildman–Crippen MR) is 79.7 cm³/mol. The third-order valence-corrected chi connectivity index (χ3v) is 3.15. The van der Waals surface area contributed by atoms with Gasteiger partial charge in [0.25, 0.3) is 0 Å². The molecule has 5 heteroatoms. The number of amides is 1. The van der Waals surface area contributed by atoms with Crippen molar-refractivity contribution in [3.05, 3.63) is 29.8 Å². The molecule has 1 aliphatic heterocycles. The van der Waals surface area contributed by atoms with Gasteiger partial charge in [-0.2, -0.15) is 0 Å². The van der Waals surface area contributed by atoms with Gasteiger partial charge in [0.05, 0.1) is 19.1 Å². The summed E-state index contributed by atoms with van der Waals surface area (Å²) in [5.41, 5.74) is 2.06. The number of nitrogens with zero attached hydrogens (tertiary/aromatic N) is 1. The molecule has 0 aliphatic carbocycles. The quantitative estimate of drug-likeness (QED) is 0.845. The topological polar surface area (TPSA) is 53.6 Å². The summed E-state index contributed by atoms with van der Waals surface area (Å²) in [4.78, 5) is 14.0. The Morgan fingerprint density at radius 3 is 2.75 bits per heavy atom.